The van der Waals surface area contributed by atoms with Crippen LogP contribution in [0.3, 0.4) is 0 Å². The van der Waals surface area contributed by atoms with E-state index in [0.717, 1.165) is 12.3 Å². The summed E-state index contributed by atoms with van der Waals surface area (Å²) in [5, 5.41) is 3.77. The molecule has 0 aliphatic heterocycles. The smallest absolute Gasteiger partial charge is 0.0345 e. The maximum atomic E-state index is 6.31. The second-order valence-electron chi connectivity index (χ2n) is 5.80. The Morgan fingerprint density at radius 1 is 1.28 bits per heavy atom. The summed E-state index contributed by atoms with van der Waals surface area (Å²) in [7, 11) is 0. The van der Waals surface area contributed by atoms with Crippen LogP contribution >= 0.6 is 11.3 Å². The molecule has 1 heterocycles. The standard InChI is InChI=1S/C16H21NS/c1-11-6-7-15(17)12(8-11)9-13-10-18-16-5-3-2-4-14(13)16/h2-5,10-12,15H,6-9,17H2,1H3. The van der Waals surface area contributed by atoms with Crippen molar-refractivity contribution in [3.05, 3.63) is 35.2 Å². The highest BCUT2D eigenvalue weighted by molar-refractivity contribution is 7.17. The van der Waals surface area contributed by atoms with Gasteiger partial charge >= 0.3 is 0 Å². The van der Waals surface area contributed by atoms with Crippen molar-refractivity contribution in [1.82, 2.24) is 0 Å². The van der Waals surface area contributed by atoms with Crippen LogP contribution in [0.1, 0.15) is 31.7 Å². The van der Waals surface area contributed by atoms with Crippen molar-refractivity contribution < 1.29 is 0 Å². The molecule has 1 aliphatic carbocycles. The molecule has 1 fully saturated rings. The van der Waals surface area contributed by atoms with Crippen LogP contribution in [0, 0.1) is 11.8 Å². The zero-order chi connectivity index (χ0) is 12.5. The lowest BCUT2D eigenvalue weighted by atomic mass is 9.76. The fourth-order valence-electron chi connectivity index (χ4n) is 3.23. The second kappa shape index (κ2) is 5.02. The van der Waals surface area contributed by atoms with Crippen LogP contribution in [0.15, 0.2) is 29.6 Å². The summed E-state index contributed by atoms with van der Waals surface area (Å²) in [4.78, 5) is 0. The third-order valence-electron chi connectivity index (χ3n) is 4.35. The van der Waals surface area contributed by atoms with Crippen molar-refractivity contribution in [3.63, 3.8) is 0 Å². The lowest BCUT2D eigenvalue weighted by Crippen LogP contribution is -2.36. The number of rotatable bonds is 2. The van der Waals surface area contributed by atoms with E-state index in [1.165, 1.54) is 34.9 Å². The summed E-state index contributed by atoms with van der Waals surface area (Å²) in [5.41, 5.74) is 7.81. The van der Waals surface area contributed by atoms with Crippen molar-refractivity contribution in [2.75, 3.05) is 0 Å². The Morgan fingerprint density at radius 3 is 3.00 bits per heavy atom. The summed E-state index contributed by atoms with van der Waals surface area (Å²) in [6.45, 7) is 2.37. The number of hydrogen-bond acceptors (Lipinski definition) is 2. The molecule has 1 aliphatic rings. The predicted octanol–water partition coefficient (Wildman–Crippen LogP) is 4.21. The summed E-state index contributed by atoms with van der Waals surface area (Å²) < 4.78 is 1.41. The quantitative estimate of drug-likeness (QED) is 0.859. The zero-order valence-electron chi connectivity index (χ0n) is 10.9. The largest absolute Gasteiger partial charge is 0.327 e. The van der Waals surface area contributed by atoms with Gasteiger partial charge in [-0.3, -0.25) is 0 Å². The summed E-state index contributed by atoms with van der Waals surface area (Å²) in [5.74, 6) is 1.52. The van der Waals surface area contributed by atoms with Crippen molar-refractivity contribution in [2.24, 2.45) is 17.6 Å². The average Bonchev–Trinajstić information content (AvgIpc) is 2.78. The maximum Gasteiger partial charge on any atom is 0.0345 e. The van der Waals surface area contributed by atoms with Crippen LogP contribution in [-0.2, 0) is 6.42 Å². The zero-order valence-corrected chi connectivity index (χ0v) is 11.7. The van der Waals surface area contributed by atoms with E-state index in [-0.39, 0.29) is 0 Å². The van der Waals surface area contributed by atoms with Gasteiger partial charge in [0.15, 0.2) is 0 Å². The third kappa shape index (κ3) is 2.32. The predicted molar refractivity (Wildman–Crippen MR) is 80.0 cm³/mol. The average molecular weight is 259 g/mol. The molecule has 0 amide bonds. The molecule has 2 aromatic rings. The van der Waals surface area contributed by atoms with Crippen LogP contribution in [0.5, 0.6) is 0 Å². The van der Waals surface area contributed by atoms with Gasteiger partial charge in [0, 0.05) is 10.7 Å². The maximum absolute atomic E-state index is 6.31. The molecule has 0 radical (unpaired) electrons. The molecule has 1 aromatic heterocycles. The van der Waals surface area contributed by atoms with E-state index in [9.17, 15) is 0 Å². The minimum absolute atomic E-state index is 0.403. The van der Waals surface area contributed by atoms with E-state index >= 15 is 0 Å². The molecule has 2 N–H and O–H groups in total. The topological polar surface area (TPSA) is 26.0 Å². The molecule has 3 rings (SSSR count). The van der Waals surface area contributed by atoms with Gasteiger partial charge in [-0.25, -0.2) is 0 Å². The Balaban J connectivity index is 1.83. The highest BCUT2D eigenvalue weighted by atomic mass is 32.1. The van der Waals surface area contributed by atoms with Gasteiger partial charge in [0.05, 0.1) is 0 Å². The molecule has 3 atom stereocenters. The molecule has 0 bridgehead atoms. The Bertz CT molecular complexity index is 531. The summed E-state index contributed by atoms with van der Waals surface area (Å²) in [6, 6.07) is 9.13. The van der Waals surface area contributed by atoms with Gasteiger partial charge < -0.3 is 5.73 Å². The minimum Gasteiger partial charge on any atom is -0.327 e. The lowest BCUT2D eigenvalue weighted by Gasteiger charge is -2.32. The van der Waals surface area contributed by atoms with Gasteiger partial charge in [-0.1, -0.05) is 25.1 Å². The molecule has 18 heavy (non-hydrogen) atoms. The Labute approximate surface area is 113 Å². The summed E-state index contributed by atoms with van der Waals surface area (Å²) in [6.07, 6.45) is 4.97. The first-order valence-corrected chi connectivity index (χ1v) is 7.82. The monoisotopic (exact) mass is 259 g/mol. The van der Waals surface area contributed by atoms with E-state index in [1.807, 2.05) is 11.3 Å². The van der Waals surface area contributed by atoms with Gasteiger partial charge in [0.25, 0.3) is 0 Å². The fourth-order valence-corrected chi connectivity index (χ4v) is 4.21. The third-order valence-corrected chi connectivity index (χ3v) is 5.36. The van der Waals surface area contributed by atoms with Crippen molar-refractivity contribution in [3.8, 4) is 0 Å². The molecule has 1 saturated carbocycles. The lowest BCUT2D eigenvalue weighted by molar-refractivity contribution is 0.245. The van der Waals surface area contributed by atoms with Crippen LogP contribution < -0.4 is 5.73 Å². The second-order valence-corrected chi connectivity index (χ2v) is 6.71. The molecule has 3 unspecified atom stereocenters. The van der Waals surface area contributed by atoms with E-state index in [4.69, 9.17) is 5.73 Å². The number of benzene rings is 1. The van der Waals surface area contributed by atoms with E-state index in [1.54, 1.807) is 0 Å². The van der Waals surface area contributed by atoms with Gasteiger partial charge in [0.1, 0.15) is 0 Å². The van der Waals surface area contributed by atoms with Gasteiger partial charge in [-0.05, 0) is 59.9 Å². The van der Waals surface area contributed by atoms with E-state index < -0.39 is 0 Å². The van der Waals surface area contributed by atoms with Crippen molar-refractivity contribution in [2.45, 2.75) is 38.6 Å². The normalized spacial score (nSPS) is 28.7. The van der Waals surface area contributed by atoms with Crippen molar-refractivity contribution in [1.29, 1.82) is 0 Å². The number of nitrogens with two attached hydrogens (primary N) is 1. The van der Waals surface area contributed by atoms with E-state index in [0.29, 0.717) is 12.0 Å². The molecule has 0 saturated heterocycles. The fraction of sp³-hybridized carbons (Fsp3) is 0.500. The SMILES string of the molecule is CC1CCC(N)C(Cc2csc3ccccc23)C1. The van der Waals surface area contributed by atoms with Crippen LogP contribution in [0.25, 0.3) is 10.1 Å². The van der Waals surface area contributed by atoms with Gasteiger partial charge in [-0.15, -0.1) is 11.3 Å². The molecule has 2 heteroatoms. The van der Waals surface area contributed by atoms with Crippen molar-refractivity contribution >= 4 is 21.4 Å². The van der Waals surface area contributed by atoms with E-state index in [2.05, 4.69) is 36.6 Å². The first-order chi connectivity index (χ1) is 8.74. The molecular weight excluding hydrogens is 238 g/mol. The molecule has 0 spiro atoms. The highest BCUT2D eigenvalue weighted by Gasteiger charge is 2.26. The number of hydrogen-bond donors (Lipinski definition) is 1. The molecular formula is C16H21NS. The summed E-state index contributed by atoms with van der Waals surface area (Å²) >= 11 is 1.86. The molecule has 96 valence electrons. The first kappa shape index (κ1) is 12.2. The highest BCUT2D eigenvalue weighted by Crippen LogP contribution is 2.34. The van der Waals surface area contributed by atoms with Crippen LogP contribution in [0.4, 0.5) is 0 Å². The number of thiophene rings is 1. The minimum atomic E-state index is 0.403. The van der Waals surface area contributed by atoms with Gasteiger partial charge in [-0.2, -0.15) is 0 Å². The molecule has 1 nitrogen and oxygen atoms in total. The number of fused-ring (bicyclic) bond motifs is 1. The first-order valence-electron chi connectivity index (χ1n) is 6.94. The Hall–Kier alpha value is -0.860. The Kier molecular flexibility index (Phi) is 3.40. The van der Waals surface area contributed by atoms with Crippen LogP contribution in [0.2, 0.25) is 0 Å². The molecule has 1 aromatic carbocycles. The Morgan fingerprint density at radius 2 is 2.11 bits per heavy atom. The van der Waals surface area contributed by atoms with Crippen LogP contribution in [-0.4, -0.2) is 6.04 Å². The van der Waals surface area contributed by atoms with Gasteiger partial charge in [0.2, 0.25) is 0 Å².